The van der Waals surface area contributed by atoms with E-state index in [2.05, 4.69) is 36.1 Å². The summed E-state index contributed by atoms with van der Waals surface area (Å²) in [5, 5.41) is 0. The van der Waals surface area contributed by atoms with Crippen LogP contribution in [0.3, 0.4) is 0 Å². The van der Waals surface area contributed by atoms with E-state index in [1.807, 2.05) is 0 Å². The lowest BCUT2D eigenvalue weighted by Gasteiger charge is -2.35. The monoisotopic (exact) mass is 245 g/mol. The van der Waals surface area contributed by atoms with Crippen LogP contribution in [0.1, 0.15) is 43.7 Å². The number of Topliss-reactive ketones (excluding diaryl/α,β-unsaturated/α-hetero) is 1. The number of likely N-dealkylation sites (tertiary alicyclic amines) is 1. The van der Waals surface area contributed by atoms with Crippen molar-refractivity contribution < 1.29 is 4.79 Å². The number of benzene rings is 1. The number of aryl methyl sites for hydroxylation is 1. The smallest absolute Gasteiger partial charge is 0.131 e. The van der Waals surface area contributed by atoms with E-state index in [0.29, 0.717) is 18.2 Å². The van der Waals surface area contributed by atoms with Gasteiger partial charge in [0.05, 0.1) is 0 Å². The van der Waals surface area contributed by atoms with Gasteiger partial charge in [-0.2, -0.15) is 0 Å². The summed E-state index contributed by atoms with van der Waals surface area (Å²) >= 11 is 0. The van der Waals surface area contributed by atoms with Crippen molar-refractivity contribution in [2.45, 2.75) is 52.1 Å². The molecule has 1 aliphatic heterocycles. The molecule has 0 aromatic heterocycles. The number of carbonyl (C=O) groups is 1. The first-order valence-corrected chi connectivity index (χ1v) is 6.94. The predicted octanol–water partition coefficient (Wildman–Crippen LogP) is 3.33. The van der Waals surface area contributed by atoms with Gasteiger partial charge >= 0.3 is 0 Å². The van der Waals surface area contributed by atoms with Crippen LogP contribution in [0.2, 0.25) is 0 Å². The van der Waals surface area contributed by atoms with Crippen molar-refractivity contribution >= 4 is 5.78 Å². The second kappa shape index (κ2) is 6.14. The number of hydrogen-bond acceptors (Lipinski definition) is 2. The van der Waals surface area contributed by atoms with Gasteiger partial charge in [-0.3, -0.25) is 9.69 Å². The fraction of sp³-hybridized carbons (Fsp3) is 0.562. The zero-order valence-electron chi connectivity index (χ0n) is 11.5. The third-order valence-corrected chi connectivity index (χ3v) is 3.74. The van der Waals surface area contributed by atoms with Gasteiger partial charge in [-0.25, -0.2) is 0 Å². The summed E-state index contributed by atoms with van der Waals surface area (Å²) in [6.07, 6.45) is 4.42. The molecule has 1 atom stereocenters. The first-order valence-electron chi connectivity index (χ1n) is 6.94. The van der Waals surface area contributed by atoms with E-state index >= 15 is 0 Å². The third kappa shape index (κ3) is 3.67. The van der Waals surface area contributed by atoms with E-state index in [0.717, 1.165) is 13.1 Å². The molecule has 0 N–H and O–H groups in total. The maximum atomic E-state index is 11.3. The average molecular weight is 245 g/mol. The summed E-state index contributed by atoms with van der Waals surface area (Å²) in [4.78, 5) is 13.8. The minimum atomic E-state index is 0.316. The van der Waals surface area contributed by atoms with Gasteiger partial charge in [-0.15, -0.1) is 0 Å². The van der Waals surface area contributed by atoms with E-state index in [9.17, 15) is 4.79 Å². The molecule has 1 saturated heterocycles. The van der Waals surface area contributed by atoms with Gasteiger partial charge in [0.15, 0.2) is 0 Å². The third-order valence-electron chi connectivity index (χ3n) is 3.74. The Labute approximate surface area is 110 Å². The highest BCUT2D eigenvalue weighted by atomic mass is 16.1. The average Bonchev–Trinajstić information content (AvgIpc) is 2.31. The fourth-order valence-corrected chi connectivity index (χ4v) is 2.88. The van der Waals surface area contributed by atoms with Crippen molar-refractivity contribution in [1.82, 2.24) is 4.90 Å². The number of nitrogens with zero attached hydrogens (tertiary/aromatic N) is 1. The van der Waals surface area contributed by atoms with Gasteiger partial charge in [-0.05, 0) is 38.8 Å². The molecule has 2 heteroatoms. The molecule has 1 aliphatic rings. The Hall–Kier alpha value is -1.15. The van der Waals surface area contributed by atoms with Crippen LogP contribution in [-0.4, -0.2) is 23.3 Å². The highest BCUT2D eigenvalue weighted by Crippen LogP contribution is 2.22. The van der Waals surface area contributed by atoms with Crippen molar-refractivity contribution in [3.63, 3.8) is 0 Å². The van der Waals surface area contributed by atoms with Crippen LogP contribution in [0.15, 0.2) is 24.3 Å². The van der Waals surface area contributed by atoms with Crippen LogP contribution in [0.5, 0.6) is 0 Å². The quantitative estimate of drug-likeness (QED) is 0.811. The van der Waals surface area contributed by atoms with Crippen molar-refractivity contribution in [2.24, 2.45) is 0 Å². The van der Waals surface area contributed by atoms with Crippen LogP contribution in [0.4, 0.5) is 0 Å². The molecule has 1 aromatic rings. The highest BCUT2D eigenvalue weighted by Gasteiger charge is 2.23. The van der Waals surface area contributed by atoms with Gasteiger partial charge in [-0.1, -0.05) is 36.2 Å². The Morgan fingerprint density at radius 1 is 1.39 bits per heavy atom. The standard InChI is InChI=1S/C16H23NO/c1-13-6-5-7-15(10-13)12-17-9-4-3-8-16(17)11-14(2)18/h5-7,10,16H,3-4,8-9,11-12H2,1-2H3. The van der Waals surface area contributed by atoms with Crippen molar-refractivity contribution in [3.8, 4) is 0 Å². The number of carbonyl (C=O) groups excluding carboxylic acids is 1. The Bertz CT molecular complexity index is 413. The maximum absolute atomic E-state index is 11.3. The number of rotatable bonds is 4. The highest BCUT2D eigenvalue weighted by molar-refractivity contribution is 5.76. The van der Waals surface area contributed by atoms with Gasteiger partial charge in [0.1, 0.15) is 5.78 Å². The van der Waals surface area contributed by atoms with Crippen LogP contribution in [-0.2, 0) is 11.3 Å². The molecule has 0 aliphatic carbocycles. The van der Waals surface area contributed by atoms with E-state index in [4.69, 9.17) is 0 Å². The number of hydrogen-bond donors (Lipinski definition) is 0. The normalized spacial score (nSPS) is 20.9. The Kier molecular flexibility index (Phi) is 4.54. The first-order chi connectivity index (χ1) is 8.65. The number of ketones is 1. The van der Waals surface area contributed by atoms with Crippen molar-refractivity contribution in [3.05, 3.63) is 35.4 Å². The molecule has 0 radical (unpaired) electrons. The predicted molar refractivity (Wildman–Crippen MR) is 74.5 cm³/mol. The maximum Gasteiger partial charge on any atom is 0.131 e. The molecule has 98 valence electrons. The van der Waals surface area contributed by atoms with E-state index in [1.165, 1.54) is 30.4 Å². The topological polar surface area (TPSA) is 20.3 Å². The van der Waals surface area contributed by atoms with Crippen LogP contribution < -0.4 is 0 Å². The summed E-state index contributed by atoms with van der Waals surface area (Å²) in [6.45, 7) is 5.96. The molecule has 0 amide bonds. The van der Waals surface area contributed by atoms with Gasteiger partial charge in [0, 0.05) is 19.0 Å². The molecular weight excluding hydrogens is 222 g/mol. The molecule has 1 heterocycles. The second-order valence-electron chi connectivity index (χ2n) is 5.52. The first kappa shape index (κ1) is 13.3. The minimum Gasteiger partial charge on any atom is -0.300 e. The van der Waals surface area contributed by atoms with Crippen LogP contribution >= 0.6 is 0 Å². The van der Waals surface area contributed by atoms with Crippen molar-refractivity contribution in [1.29, 1.82) is 0 Å². The fourth-order valence-electron chi connectivity index (χ4n) is 2.88. The van der Waals surface area contributed by atoms with Gasteiger partial charge in [0.2, 0.25) is 0 Å². The second-order valence-corrected chi connectivity index (χ2v) is 5.52. The molecule has 0 saturated carbocycles. The molecule has 0 bridgehead atoms. The Balaban J connectivity index is 2.03. The molecule has 0 spiro atoms. The summed E-state index contributed by atoms with van der Waals surface area (Å²) < 4.78 is 0. The van der Waals surface area contributed by atoms with Crippen molar-refractivity contribution in [2.75, 3.05) is 6.54 Å². The van der Waals surface area contributed by atoms with Crippen LogP contribution in [0.25, 0.3) is 0 Å². The zero-order valence-corrected chi connectivity index (χ0v) is 11.5. The van der Waals surface area contributed by atoms with Crippen LogP contribution in [0, 0.1) is 6.92 Å². The molecule has 1 aromatic carbocycles. The van der Waals surface area contributed by atoms with E-state index < -0.39 is 0 Å². The van der Waals surface area contributed by atoms with E-state index in [1.54, 1.807) is 6.92 Å². The van der Waals surface area contributed by atoms with E-state index in [-0.39, 0.29) is 0 Å². The molecular formula is C16H23NO. The van der Waals surface area contributed by atoms with Gasteiger partial charge < -0.3 is 0 Å². The summed E-state index contributed by atoms with van der Waals surface area (Å²) in [6, 6.07) is 9.14. The molecule has 18 heavy (non-hydrogen) atoms. The molecule has 2 nitrogen and oxygen atoms in total. The Morgan fingerprint density at radius 3 is 2.94 bits per heavy atom. The number of piperidine rings is 1. The zero-order chi connectivity index (χ0) is 13.0. The summed E-state index contributed by atoms with van der Waals surface area (Å²) in [5.74, 6) is 0.316. The summed E-state index contributed by atoms with van der Waals surface area (Å²) in [5.41, 5.74) is 2.68. The SMILES string of the molecule is CC(=O)CC1CCCCN1Cc1cccc(C)c1. The summed E-state index contributed by atoms with van der Waals surface area (Å²) in [7, 11) is 0. The largest absolute Gasteiger partial charge is 0.300 e. The van der Waals surface area contributed by atoms with Gasteiger partial charge in [0.25, 0.3) is 0 Å². The molecule has 1 fully saturated rings. The Morgan fingerprint density at radius 2 is 2.22 bits per heavy atom. The lowest BCUT2D eigenvalue weighted by Crippen LogP contribution is -2.39. The minimum absolute atomic E-state index is 0.316. The molecule has 1 unspecified atom stereocenters. The lowest BCUT2D eigenvalue weighted by atomic mass is 9.97. The lowest BCUT2D eigenvalue weighted by molar-refractivity contribution is -0.118. The molecule has 2 rings (SSSR count).